The quantitative estimate of drug-likeness (QED) is 0.605. The van der Waals surface area contributed by atoms with Crippen molar-refractivity contribution in [3.05, 3.63) is 75.3 Å². The Kier molecular flexibility index (Phi) is 8.07. The number of sulfonamides is 1. The van der Waals surface area contributed by atoms with E-state index >= 15 is 0 Å². The summed E-state index contributed by atoms with van der Waals surface area (Å²) >= 11 is 11.9. The van der Waals surface area contributed by atoms with E-state index in [0.29, 0.717) is 27.7 Å². The normalized spacial score (nSPS) is 11.9. The maximum atomic E-state index is 12.0. The van der Waals surface area contributed by atoms with E-state index in [9.17, 15) is 13.2 Å². The summed E-state index contributed by atoms with van der Waals surface area (Å²) in [6, 6.07) is 12.0. The lowest BCUT2D eigenvalue weighted by Crippen LogP contribution is -2.31. The van der Waals surface area contributed by atoms with Crippen LogP contribution in [0.3, 0.4) is 0 Å². The molecule has 0 saturated carbocycles. The molecular formula is C20H22Cl2N2O3S. The molecule has 2 aromatic rings. The summed E-state index contributed by atoms with van der Waals surface area (Å²) in [6.07, 6.45) is 3.01. The van der Waals surface area contributed by atoms with Gasteiger partial charge in [-0.3, -0.25) is 4.79 Å². The van der Waals surface area contributed by atoms with Crippen molar-refractivity contribution in [3.63, 3.8) is 0 Å². The van der Waals surface area contributed by atoms with Crippen LogP contribution in [-0.4, -0.2) is 20.4 Å². The fourth-order valence-electron chi connectivity index (χ4n) is 2.42. The molecule has 0 aliphatic rings. The molecule has 0 aliphatic carbocycles. The van der Waals surface area contributed by atoms with Gasteiger partial charge in [0.15, 0.2) is 0 Å². The summed E-state index contributed by atoms with van der Waals surface area (Å²) in [5, 5.41) is 3.77. The molecule has 0 aromatic heterocycles. The van der Waals surface area contributed by atoms with Crippen molar-refractivity contribution < 1.29 is 13.2 Å². The molecule has 0 radical (unpaired) electrons. The molecule has 150 valence electrons. The molecule has 0 bridgehead atoms. The zero-order valence-electron chi connectivity index (χ0n) is 15.6. The number of rotatable bonds is 8. The number of carbonyl (C=O) groups excluding carboxylic acids is 1. The smallest absolute Gasteiger partial charge is 0.244 e. The Hall–Kier alpha value is -1.86. The second-order valence-electron chi connectivity index (χ2n) is 6.57. The van der Waals surface area contributed by atoms with Crippen LogP contribution in [-0.2, 0) is 27.1 Å². The summed E-state index contributed by atoms with van der Waals surface area (Å²) in [7, 11) is -3.36. The lowest BCUT2D eigenvalue weighted by molar-refractivity contribution is -0.116. The standard InChI is InChI=1S/C20H22Cl2N2O3S/c1-14(2)24-28(26,27)13-16-5-3-15(4-6-16)12-23-20(25)10-8-17-7-9-18(21)11-19(17)22/h3-11,14,24H,12-13H2,1-2H3,(H,23,25)/b10-8+. The van der Waals surface area contributed by atoms with Gasteiger partial charge in [-0.2, -0.15) is 0 Å². The van der Waals surface area contributed by atoms with Crippen molar-refractivity contribution in [2.75, 3.05) is 0 Å². The van der Waals surface area contributed by atoms with Gasteiger partial charge in [-0.1, -0.05) is 53.5 Å². The number of halogens is 2. The Morgan fingerprint density at radius 3 is 2.32 bits per heavy atom. The van der Waals surface area contributed by atoms with Crippen LogP contribution in [0.15, 0.2) is 48.5 Å². The maximum Gasteiger partial charge on any atom is 0.244 e. The Labute approximate surface area is 175 Å². The molecule has 0 saturated heterocycles. The molecule has 2 N–H and O–H groups in total. The van der Waals surface area contributed by atoms with Gasteiger partial charge in [0.05, 0.1) is 5.75 Å². The van der Waals surface area contributed by atoms with Gasteiger partial charge in [0.1, 0.15) is 0 Å². The first-order valence-electron chi connectivity index (χ1n) is 8.63. The van der Waals surface area contributed by atoms with Crippen LogP contribution >= 0.6 is 23.2 Å². The van der Waals surface area contributed by atoms with Gasteiger partial charge in [-0.25, -0.2) is 13.1 Å². The first-order chi connectivity index (χ1) is 13.1. The van der Waals surface area contributed by atoms with Crippen LogP contribution in [0.1, 0.15) is 30.5 Å². The van der Waals surface area contributed by atoms with Gasteiger partial charge in [-0.15, -0.1) is 0 Å². The molecule has 0 spiro atoms. The molecule has 0 heterocycles. The first kappa shape index (κ1) is 22.4. The van der Waals surface area contributed by atoms with Crippen molar-refractivity contribution in [2.24, 2.45) is 0 Å². The molecule has 2 rings (SSSR count). The predicted molar refractivity (Wildman–Crippen MR) is 115 cm³/mol. The number of amides is 1. The molecular weight excluding hydrogens is 419 g/mol. The predicted octanol–water partition coefficient (Wildman–Crippen LogP) is 4.15. The lowest BCUT2D eigenvalue weighted by atomic mass is 10.1. The third-order valence-corrected chi connectivity index (χ3v) is 5.74. The number of benzene rings is 2. The van der Waals surface area contributed by atoms with E-state index in [-0.39, 0.29) is 17.7 Å². The van der Waals surface area contributed by atoms with Crippen molar-refractivity contribution in [2.45, 2.75) is 32.2 Å². The number of nitrogens with one attached hydrogen (secondary N) is 2. The molecule has 0 fully saturated rings. The van der Waals surface area contributed by atoms with Crippen LogP contribution in [0.4, 0.5) is 0 Å². The monoisotopic (exact) mass is 440 g/mol. The topological polar surface area (TPSA) is 75.3 Å². The van der Waals surface area contributed by atoms with Crippen molar-refractivity contribution in [1.29, 1.82) is 0 Å². The fraction of sp³-hybridized carbons (Fsp3) is 0.250. The fourth-order valence-corrected chi connectivity index (χ4v) is 4.33. The lowest BCUT2D eigenvalue weighted by Gasteiger charge is -2.10. The maximum absolute atomic E-state index is 12.0. The highest BCUT2D eigenvalue weighted by atomic mass is 35.5. The number of carbonyl (C=O) groups is 1. The first-order valence-corrected chi connectivity index (χ1v) is 11.0. The van der Waals surface area contributed by atoms with Crippen LogP contribution in [0.5, 0.6) is 0 Å². The van der Waals surface area contributed by atoms with E-state index in [2.05, 4.69) is 10.0 Å². The van der Waals surface area contributed by atoms with Gasteiger partial charge in [0.25, 0.3) is 0 Å². The van der Waals surface area contributed by atoms with Crippen LogP contribution < -0.4 is 10.0 Å². The minimum Gasteiger partial charge on any atom is -0.348 e. The average molecular weight is 441 g/mol. The highest BCUT2D eigenvalue weighted by Crippen LogP contribution is 2.21. The summed E-state index contributed by atoms with van der Waals surface area (Å²) in [5.41, 5.74) is 2.24. The Morgan fingerprint density at radius 2 is 1.71 bits per heavy atom. The summed E-state index contributed by atoms with van der Waals surface area (Å²) in [5.74, 6) is -0.346. The molecule has 0 atom stereocenters. The molecule has 8 heteroatoms. The minimum absolute atomic E-state index is 0.0809. The van der Waals surface area contributed by atoms with E-state index < -0.39 is 10.0 Å². The highest BCUT2D eigenvalue weighted by molar-refractivity contribution is 7.88. The SMILES string of the molecule is CC(C)NS(=O)(=O)Cc1ccc(CNC(=O)/C=C/c2ccc(Cl)cc2Cl)cc1. The van der Waals surface area contributed by atoms with E-state index in [1.54, 1.807) is 62.4 Å². The van der Waals surface area contributed by atoms with Crippen molar-refractivity contribution >= 4 is 45.2 Å². The second-order valence-corrected chi connectivity index (χ2v) is 9.16. The van der Waals surface area contributed by atoms with Gasteiger partial charge >= 0.3 is 0 Å². The Bertz CT molecular complexity index is 956. The zero-order chi connectivity index (χ0) is 20.7. The van der Waals surface area contributed by atoms with Gasteiger partial charge in [-0.05, 0) is 48.7 Å². The zero-order valence-corrected chi connectivity index (χ0v) is 17.9. The molecule has 28 heavy (non-hydrogen) atoms. The van der Waals surface area contributed by atoms with Gasteiger partial charge in [0, 0.05) is 28.7 Å². The Morgan fingerprint density at radius 1 is 1.07 bits per heavy atom. The molecule has 1 amide bonds. The molecule has 0 unspecified atom stereocenters. The third kappa shape index (κ3) is 7.64. The van der Waals surface area contributed by atoms with Gasteiger partial charge < -0.3 is 5.32 Å². The van der Waals surface area contributed by atoms with Crippen molar-refractivity contribution in [1.82, 2.24) is 10.0 Å². The van der Waals surface area contributed by atoms with Crippen LogP contribution in [0, 0.1) is 0 Å². The molecule has 5 nitrogen and oxygen atoms in total. The average Bonchev–Trinajstić information content (AvgIpc) is 2.59. The van der Waals surface area contributed by atoms with Crippen LogP contribution in [0.2, 0.25) is 10.0 Å². The highest BCUT2D eigenvalue weighted by Gasteiger charge is 2.12. The van der Waals surface area contributed by atoms with E-state index in [4.69, 9.17) is 23.2 Å². The second kappa shape index (κ2) is 10.1. The van der Waals surface area contributed by atoms with E-state index in [0.717, 1.165) is 5.56 Å². The van der Waals surface area contributed by atoms with Crippen molar-refractivity contribution in [3.8, 4) is 0 Å². The number of hydrogen-bond donors (Lipinski definition) is 2. The summed E-state index contributed by atoms with van der Waals surface area (Å²) in [6.45, 7) is 3.88. The van der Waals surface area contributed by atoms with Gasteiger partial charge in [0.2, 0.25) is 15.9 Å². The van der Waals surface area contributed by atoms with E-state index in [1.165, 1.54) is 6.08 Å². The molecule has 0 aliphatic heterocycles. The van der Waals surface area contributed by atoms with Crippen LogP contribution in [0.25, 0.3) is 6.08 Å². The van der Waals surface area contributed by atoms with E-state index in [1.807, 2.05) is 0 Å². The summed E-state index contributed by atoms with van der Waals surface area (Å²) in [4.78, 5) is 12.0. The summed E-state index contributed by atoms with van der Waals surface area (Å²) < 4.78 is 26.4. The number of hydrogen-bond acceptors (Lipinski definition) is 3. The minimum atomic E-state index is -3.36. The Balaban J connectivity index is 1.89. The molecule has 2 aromatic carbocycles. The largest absolute Gasteiger partial charge is 0.348 e. The third-order valence-electron chi connectivity index (χ3n) is 3.64.